The van der Waals surface area contributed by atoms with Crippen LogP contribution in [-0.2, 0) is 11.3 Å². The van der Waals surface area contributed by atoms with E-state index in [9.17, 15) is 5.11 Å². The molecular weight excluding hydrogens is 230 g/mol. The summed E-state index contributed by atoms with van der Waals surface area (Å²) in [6, 6.07) is 4.21. The second kappa shape index (κ2) is 5.87. The summed E-state index contributed by atoms with van der Waals surface area (Å²) in [6.07, 6.45) is 3.33. The molecule has 1 heterocycles. The van der Waals surface area contributed by atoms with Gasteiger partial charge in [0.1, 0.15) is 12.4 Å². The minimum absolute atomic E-state index is 0.00895. The Morgan fingerprint density at radius 2 is 2.39 bits per heavy atom. The molecule has 2 N–H and O–H groups in total. The Bertz CT molecular complexity index is 348. The maximum Gasteiger partial charge on any atom is 0.129 e. The van der Waals surface area contributed by atoms with E-state index in [2.05, 4.69) is 19.2 Å². The molecule has 1 aromatic rings. The van der Waals surface area contributed by atoms with Crippen molar-refractivity contribution in [3.63, 3.8) is 0 Å². The average Bonchev–Trinajstić information content (AvgIpc) is 2.85. The maximum absolute atomic E-state index is 9.62. The minimum atomic E-state index is -0.162. The number of hydrogen-bond donors (Lipinski definition) is 2. The Morgan fingerprint density at radius 1 is 1.56 bits per heavy atom. The molecule has 0 bridgehead atoms. The third-order valence-corrected chi connectivity index (χ3v) is 3.90. The lowest BCUT2D eigenvalue weighted by atomic mass is 9.64. The summed E-state index contributed by atoms with van der Waals surface area (Å²) in [5.74, 6) is 0.867. The van der Waals surface area contributed by atoms with Gasteiger partial charge in [-0.1, -0.05) is 13.8 Å². The predicted molar refractivity (Wildman–Crippen MR) is 69.2 cm³/mol. The van der Waals surface area contributed by atoms with Gasteiger partial charge in [-0.25, -0.2) is 0 Å². The highest BCUT2D eigenvalue weighted by atomic mass is 16.5. The lowest BCUT2D eigenvalue weighted by Crippen LogP contribution is -2.60. The van der Waals surface area contributed by atoms with Gasteiger partial charge in [-0.05, 0) is 31.5 Å². The Morgan fingerprint density at radius 3 is 3.00 bits per heavy atom. The zero-order valence-electron chi connectivity index (χ0n) is 11.2. The summed E-state index contributed by atoms with van der Waals surface area (Å²) < 4.78 is 10.7. The molecule has 4 heteroatoms. The van der Waals surface area contributed by atoms with Crippen LogP contribution in [0.1, 0.15) is 32.4 Å². The van der Waals surface area contributed by atoms with Gasteiger partial charge in [0.15, 0.2) is 0 Å². The van der Waals surface area contributed by atoms with Gasteiger partial charge in [-0.3, -0.25) is 0 Å². The molecule has 18 heavy (non-hydrogen) atoms. The lowest BCUT2D eigenvalue weighted by Gasteiger charge is -2.49. The highest BCUT2D eigenvalue weighted by Crippen LogP contribution is 2.40. The number of ether oxygens (including phenoxy) is 1. The van der Waals surface area contributed by atoms with Gasteiger partial charge >= 0.3 is 0 Å². The normalized spacial score (nSPS) is 25.9. The van der Waals surface area contributed by atoms with Crippen LogP contribution in [0.5, 0.6) is 0 Å². The van der Waals surface area contributed by atoms with Gasteiger partial charge < -0.3 is 19.6 Å². The van der Waals surface area contributed by atoms with Crippen molar-refractivity contribution < 1.29 is 14.3 Å². The van der Waals surface area contributed by atoms with E-state index < -0.39 is 0 Å². The Kier molecular flexibility index (Phi) is 4.43. The molecule has 0 saturated heterocycles. The van der Waals surface area contributed by atoms with Crippen molar-refractivity contribution in [2.75, 3.05) is 13.2 Å². The standard InChI is InChI=1S/C14H23NO3/c1-14(2)12(9-13(14)16)15-6-4-7-17-10-11-5-3-8-18-11/h3,5,8,12-13,15-16H,4,6-7,9-10H2,1-2H3. The van der Waals surface area contributed by atoms with E-state index in [1.54, 1.807) is 6.26 Å². The zero-order chi connectivity index (χ0) is 13.0. The van der Waals surface area contributed by atoms with Crippen LogP contribution in [0.25, 0.3) is 0 Å². The molecule has 0 amide bonds. The zero-order valence-corrected chi connectivity index (χ0v) is 11.2. The van der Waals surface area contributed by atoms with Crippen molar-refractivity contribution in [1.29, 1.82) is 0 Å². The van der Waals surface area contributed by atoms with Crippen LogP contribution >= 0.6 is 0 Å². The monoisotopic (exact) mass is 253 g/mol. The van der Waals surface area contributed by atoms with E-state index in [0.717, 1.165) is 31.8 Å². The molecule has 2 atom stereocenters. The van der Waals surface area contributed by atoms with Gasteiger partial charge in [-0.15, -0.1) is 0 Å². The highest BCUT2D eigenvalue weighted by molar-refractivity contribution is 5.01. The number of hydrogen-bond acceptors (Lipinski definition) is 4. The third-order valence-electron chi connectivity index (χ3n) is 3.90. The van der Waals surface area contributed by atoms with E-state index >= 15 is 0 Å². The second-order valence-electron chi connectivity index (χ2n) is 5.57. The highest BCUT2D eigenvalue weighted by Gasteiger charge is 2.46. The summed E-state index contributed by atoms with van der Waals surface area (Å²) >= 11 is 0. The summed E-state index contributed by atoms with van der Waals surface area (Å²) in [5, 5.41) is 13.1. The third kappa shape index (κ3) is 3.13. The fraction of sp³-hybridized carbons (Fsp3) is 0.714. The number of aliphatic hydroxyl groups excluding tert-OH is 1. The van der Waals surface area contributed by atoms with Gasteiger partial charge in [0.05, 0.1) is 12.4 Å². The molecule has 2 rings (SSSR count). The molecule has 4 nitrogen and oxygen atoms in total. The molecule has 1 aromatic heterocycles. The fourth-order valence-electron chi connectivity index (χ4n) is 2.27. The Labute approximate surface area is 108 Å². The molecule has 1 fully saturated rings. The molecule has 1 aliphatic rings. The number of aliphatic hydroxyl groups is 1. The van der Waals surface area contributed by atoms with Crippen molar-refractivity contribution in [1.82, 2.24) is 5.32 Å². The number of nitrogens with one attached hydrogen (secondary N) is 1. The first-order valence-corrected chi connectivity index (χ1v) is 6.62. The molecule has 1 aliphatic carbocycles. The molecular formula is C14H23NO3. The van der Waals surface area contributed by atoms with E-state index in [0.29, 0.717) is 12.6 Å². The smallest absolute Gasteiger partial charge is 0.129 e. The van der Waals surface area contributed by atoms with Gasteiger partial charge in [0, 0.05) is 18.1 Å². The molecule has 2 unspecified atom stereocenters. The van der Waals surface area contributed by atoms with E-state index in [4.69, 9.17) is 9.15 Å². The largest absolute Gasteiger partial charge is 0.467 e. The van der Waals surface area contributed by atoms with Gasteiger partial charge in [-0.2, -0.15) is 0 Å². The van der Waals surface area contributed by atoms with Crippen molar-refractivity contribution in [3.05, 3.63) is 24.2 Å². The van der Waals surface area contributed by atoms with Crippen molar-refractivity contribution >= 4 is 0 Å². The predicted octanol–water partition coefficient (Wildman–Crippen LogP) is 1.94. The summed E-state index contributed by atoms with van der Waals surface area (Å²) in [7, 11) is 0. The summed E-state index contributed by atoms with van der Waals surface area (Å²) in [4.78, 5) is 0. The first-order valence-electron chi connectivity index (χ1n) is 6.62. The molecule has 0 aromatic carbocycles. The van der Waals surface area contributed by atoms with Crippen LogP contribution in [0.15, 0.2) is 22.8 Å². The van der Waals surface area contributed by atoms with Gasteiger partial charge in [0.25, 0.3) is 0 Å². The Balaban J connectivity index is 1.50. The van der Waals surface area contributed by atoms with Crippen LogP contribution in [0.4, 0.5) is 0 Å². The molecule has 1 saturated carbocycles. The quantitative estimate of drug-likeness (QED) is 0.729. The first-order chi connectivity index (χ1) is 8.60. The van der Waals surface area contributed by atoms with Crippen molar-refractivity contribution in [2.45, 2.75) is 45.4 Å². The molecule has 0 radical (unpaired) electrons. The molecule has 0 aliphatic heterocycles. The van der Waals surface area contributed by atoms with Crippen LogP contribution in [0.3, 0.4) is 0 Å². The Hall–Kier alpha value is -0.840. The second-order valence-corrected chi connectivity index (χ2v) is 5.57. The number of rotatable bonds is 7. The lowest BCUT2D eigenvalue weighted by molar-refractivity contribution is -0.0726. The van der Waals surface area contributed by atoms with Crippen LogP contribution < -0.4 is 5.32 Å². The van der Waals surface area contributed by atoms with Crippen LogP contribution in [-0.4, -0.2) is 30.4 Å². The molecule has 102 valence electrons. The minimum Gasteiger partial charge on any atom is -0.467 e. The van der Waals surface area contributed by atoms with Crippen LogP contribution in [0.2, 0.25) is 0 Å². The summed E-state index contributed by atoms with van der Waals surface area (Å²) in [6.45, 7) is 6.40. The topological polar surface area (TPSA) is 54.6 Å². The fourth-order valence-corrected chi connectivity index (χ4v) is 2.27. The maximum atomic E-state index is 9.62. The summed E-state index contributed by atoms with van der Waals surface area (Å²) in [5.41, 5.74) is 0.00895. The SMILES string of the molecule is CC1(C)C(O)CC1NCCCOCc1ccco1. The van der Waals surface area contributed by atoms with E-state index in [1.807, 2.05) is 12.1 Å². The number of furan rings is 1. The van der Waals surface area contributed by atoms with Crippen LogP contribution in [0, 0.1) is 5.41 Å². The van der Waals surface area contributed by atoms with E-state index in [-0.39, 0.29) is 11.5 Å². The van der Waals surface area contributed by atoms with E-state index in [1.165, 1.54) is 0 Å². The molecule has 0 spiro atoms. The van der Waals surface area contributed by atoms with Crippen molar-refractivity contribution in [3.8, 4) is 0 Å². The van der Waals surface area contributed by atoms with Gasteiger partial charge in [0.2, 0.25) is 0 Å². The first kappa shape index (κ1) is 13.6. The average molecular weight is 253 g/mol. The van der Waals surface area contributed by atoms with Crippen molar-refractivity contribution in [2.24, 2.45) is 5.41 Å².